The van der Waals surface area contributed by atoms with E-state index < -0.39 is 12.2 Å². The molecule has 2 rings (SSSR count). The van der Waals surface area contributed by atoms with Gasteiger partial charge in [0.1, 0.15) is 5.75 Å². The maximum atomic E-state index is 12.3. The number of rotatable bonds is 5. The molecule has 2 N–H and O–H groups in total. The summed E-state index contributed by atoms with van der Waals surface area (Å²) >= 11 is 11.9. The molecule has 0 aromatic heterocycles. The quantitative estimate of drug-likeness (QED) is 0.793. The first-order valence-electron chi connectivity index (χ1n) is 7.26. The maximum Gasteiger partial charge on any atom is 0.411 e. The van der Waals surface area contributed by atoms with Crippen molar-refractivity contribution >= 4 is 46.6 Å². The van der Waals surface area contributed by atoms with Crippen LogP contribution in [0.1, 0.15) is 6.92 Å². The van der Waals surface area contributed by atoms with Gasteiger partial charge in [0, 0.05) is 16.4 Å². The van der Waals surface area contributed by atoms with E-state index in [1.54, 1.807) is 43.3 Å². The average molecular weight is 383 g/mol. The fraction of sp³-hybridized carbons (Fsp3) is 0.176. The van der Waals surface area contributed by atoms with E-state index in [9.17, 15) is 9.59 Å². The zero-order valence-corrected chi connectivity index (χ0v) is 15.0. The molecule has 0 heterocycles. The molecule has 0 radical (unpaired) electrons. The number of anilines is 2. The highest BCUT2D eigenvalue weighted by atomic mass is 35.5. The van der Waals surface area contributed by atoms with Gasteiger partial charge in [-0.05, 0) is 43.3 Å². The van der Waals surface area contributed by atoms with Gasteiger partial charge in [-0.15, -0.1) is 0 Å². The summed E-state index contributed by atoms with van der Waals surface area (Å²) in [7, 11) is 1.27. The molecule has 2 aromatic rings. The summed E-state index contributed by atoms with van der Waals surface area (Å²) in [5.41, 5.74) is 0.982. The summed E-state index contributed by atoms with van der Waals surface area (Å²) in [6.07, 6.45) is -1.39. The highest BCUT2D eigenvalue weighted by molar-refractivity contribution is 6.35. The summed E-state index contributed by atoms with van der Waals surface area (Å²) in [5.74, 6) is -0.0175. The third-order valence-corrected chi connectivity index (χ3v) is 3.66. The van der Waals surface area contributed by atoms with E-state index >= 15 is 0 Å². The number of methoxy groups -OCH3 is 1. The van der Waals surface area contributed by atoms with Crippen molar-refractivity contribution in [2.45, 2.75) is 13.0 Å². The van der Waals surface area contributed by atoms with Crippen LogP contribution < -0.4 is 15.4 Å². The van der Waals surface area contributed by atoms with Gasteiger partial charge >= 0.3 is 6.09 Å². The van der Waals surface area contributed by atoms with E-state index in [4.69, 9.17) is 27.9 Å². The molecule has 132 valence electrons. The minimum absolute atomic E-state index is 0.316. The third kappa shape index (κ3) is 5.55. The number of carbonyl (C=O) groups excluding carboxylic acids is 2. The third-order valence-electron chi connectivity index (χ3n) is 3.13. The zero-order chi connectivity index (χ0) is 18.4. The Bertz CT molecular complexity index is 783. The Labute approximate surface area is 155 Å². The Morgan fingerprint density at radius 1 is 1.04 bits per heavy atom. The average Bonchev–Trinajstić information content (AvgIpc) is 2.57. The van der Waals surface area contributed by atoms with Crippen LogP contribution in [0.5, 0.6) is 5.75 Å². The van der Waals surface area contributed by atoms with Gasteiger partial charge in [-0.3, -0.25) is 10.1 Å². The van der Waals surface area contributed by atoms with Gasteiger partial charge in [-0.25, -0.2) is 4.79 Å². The monoisotopic (exact) mass is 382 g/mol. The van der Waals surface area contributed by atoms with Crippen LogP contribution in [0.25, 0.3) is 0 Å². The molecule has 0 saturated heterocycles. The number of nitrogens with one attached hydrogen (secondary N) is 2. The molecule has 2 amide bonds. The highest BCUT2D eigenvalue weighted by Gasteiger charge is 2.16. The summed E-state index contributed by atoms with van der Waals surface area (Å²) in [5, 5.41) is 6.01. The van der Waals surface area contributed by atoms with Gasteiger partial charge < -0.3 is 14.8 Å². The minimum atomic E-state index is -0.795. The van der Waals surface area contributed by atoms with Crippen molar-refractivity contribution in [2.24, 2.45) is 0 Å². The molecule has 0 aliphatic carbocycles. The standard InChI is InChI=1S/C17H16Cl2N2O4/c1-10(25-15-7-6-11(18)8-14(15)19)16(22)20-12-4-3-5-13(9-12)21-17(23)24-2/h3-10H,1-2H3,(H,20,22)(H,21,23). The summed E-state index contributed by atoms with van der Waals surface area (Å²) < 4.78 is 10.1. The van der Waals surface area contributed by atoms with Crippen LogP contribution in [0.15, 0.2) is 42.5 Å². The topological polar surface area (TPSA) is 76.7 Å². The second kappa shape index (κ2) is 8.60. The Hall–Kier alpha value is -2.44. The van der Waals surface area contributed by atoms with Crippen LogP contribution in [-0.2, 0) is 9.53 Å². The zero-order valence-electron chi connectivity index (χ0n) is 13.5. The number of hydrogen-bond donors (Lipinski definition) is 2. The normalized spacial score (nSPS) is 11.4. The summed E-state index contributed by atoms with van der Waals surface area (Å²) in [4.78, 5) is 23.5. The molecule has 0 saturated carbocycles. The fourth-order valence-corrected chi connectivity index (χ4v) is 2.36. The Kier molecular flexibility index (Phi) is 6.50. The van der Waals surface area contributed by atoms with Gasteiger partial charge in [0.15, 0.2) is 6.10 Å². The van der Waals surface area contributed by atoms with Gasteiger partial charge in [0.25, 0.3) is 5.91 Å². The Morgan fingerprint density at radius 2 is 1.72 bits per heavy atom. The number of hydrogen-bond acceptors (Lipinski definition) is 4. The lowest BCUT2D eigenvalue weighted by molar-refractivity contribution is -0.122. The first kappa shape index (κ1) is 18.9. The number of amides is 2. The van der Waals surface area contributed by atoms with E-state index in [1.807, 2.05) is 0 Å². The summed E-state index contributed by atoms with van der Waals surface area (Å²) in [6.45, 7) is 1.59. The van der Waals surface area contributed by atoms with Gasteiger partial charge in [-0.2, -0.15) is 0 Å². The van der Waals surface area contributed by atoms with Crippen LogP contribution in [0.4, 0.5) is 16.2 Å². The molecule has 0 bridgehead atoms. The van der Waals surface area contributed by atoms with Crippen molar-refractivity contribution in [3.63, 3.8) is 0 Å². The van der Waals surface area contributed by atoms with Crippen molar-refractivity contribution < 1.29 is 19.1 Å². The lowest BCUT2D eigenvalue weighted by Crippen LogP contribution is -2.30. The van der Waals surface area contributed by atoms with E-state index in [-0.39, 0.29) is 5.91 Å². The van der Waals surface area contributed by atoms with Crippen LogP contribution in [0.3, 0.4) is 0 Å². The van der Waals surface area contributed by atoms with Crippen LogP contribution in [0, 0.1) is 0 Å². The molecule has 0 aliphatic heterocycles. The maximum absolute atomic E-state index is 12.3. The fourth-order valence-electron chi connectivity index (χ4n) is 1.90. The largest absolute Gasteiger partial charge is 0.479 e. The van der Waals surface area contributed by atoms with E-state index in [2.05, 4.69) is 15.4 Å². The molecule has 2 aromatic carbocycles. The Balaban J connectivity index is 2.01. The molecule has 0 spiro atoms. The molecule has 25 heavy (non-hydrogen) atoms. The Morgan fingerprint density at radius 3 is 2.36 bits per heavy atom. The molecular formula is C17H16Cl2N2O4. The molecule has 1 unspecified atom stereocenters. The van der Waals surface area contributed by atoms with Gasteiger partial charge in [-0.1, -0.05) is 29.3 Å². The summed E-state index contributed by atoms with van der Waals surface area (Å²) in [6, 6.07) is 11.4. The van der Waals surface area contributed by atoms with Crippen molar-refractivity contribution in [3.8, 4) is 5.75 Å². The van der Waals surface area contributed by atoms with Gasteiger partial charge in [0.05, 0.1) is 12.1 Å². The first-order valence-corrected chi connectivity index (χ1v) is 8.02. The van der Waals surface area contributed by atoms with Crippen LogP contribution >= 0.6 is 23.2 Å². The molecule has 8 heteroatoms. The molecule has 0 aliphatic rings. The van der Waals surface area contributed by atoms with Gasteiger partial charge in [0.2, 0.25) is 0 Å². The van der Waals surface area contributed by atoms with E-state index in [0.717, 1.165) is 0 Å². The number of benzene rings is 2. The minimum Gasteiger partial charge on any atom is -0.479 e. The first-order chi connectivity index (χ1) is 11.9. The van der Waals surface area contributed by atoms with Crippen LogP contribution in [-0.4, -0.2) is 25.2 Å². The van der Waals surface area contributed by atoms with E-state index in [1.165, 1.54) is 13.2 Å². The lowest BCUT2D eigenvalue weighted by Gasteiger charge is -2.16. The molecule has 1 atom stereocenters. The second-order valence-electron chi connectivity index (χ2n) is 5.02. The number of halogens is 2. The predicted molar refractivity (Wildman–Crippen MR) is 97.7 cm³/mol. The molecular weight excluding hydrogens is 367 g/mol. The highest BCUT2D eigenvalue weighted by Crippen LogP contribution is 2.28. The smallest absolute Gasteiger partial charge is 0.411 e. The SMILES string of the molecule is COC(=O)Nc1cccc(NC(=O)C(C)Oc2ccc(Cl)cc2Cl)c1. The molecule has 6 nitrogen and oxygen atoms in total. The van der Waals surface area contributed by atoms with Crippen molar-refractivity contribution in [3.05, 3.63) is 52.5 Å². The number of carbonyl (C=O) groups is 2. The van der Waals surface area contributed by atoms with Crippen molar-refractivity contribution in [1.82, 2.24) is 0 Å². The van der Waals surface area contributed by atoms with Crippen molar-refractivity contribution in [2.75, 3.05) is 17.7 Å². The van der Waals surface area contributed by atoms with Crippen molar-refractivity contribution in [1.29, 1.82) is 0 Å². The lowest BCUT2D eigenvalue weighted by atomic mass is 10.2. The molecule has 0 fully saturated rings. The van der Waals surface area contributed by atoms with E-state index in [0.29, 0.717) is 27.2 Å². The van der Waals surface area contributed by atoms with Crippen LogP contribution in [0.2, 0.25) is 10.0 Å². The second-order valence-corrected chi connectivity index (χ2v) is 5.87. The number of ether oxygens (including phenoxy) is 2. The predicted octanol–water partition coefficient (Wildman–Crippen LogP) is 4.58.